The van der Waals surface area contributed by atoms with E-state index in [1.54, 1.807) is 6.07 Å². The minimum Gasteiger partial charge on any atom is -0.459 e. The van der Waals surface area contributed by atoms with E-state index in [-0.39, 0.29) is 30.6 Å². The molecule has 1 rings (SSSR count). The third-order valence-electron chi connectivity index (χ3n) is 2.13. The number of hydrogen-bond donors (Lipinski definition) is 2. The van der Waals surface area contributed by atoms with E-state index in [1.807, 2.05) is 0 Å². The molecule has 1 aromatic rings. The summed E-state index contributed by atoms with van der Waals surface area (Å²) in [6, 6.07) is 3.02. The highest BCUT2D eigenvalue weighted by molar-refractivity contribution is 8.01. The van der Waals surface area contributed by atoms with Crippen molar-refractivity contribution in [1.29, 1.82) is 0 Å². The molecule has 0 saturated heterocycles. The highest BCUT2D eigenvalue weighted by Crippen LogP contribution is 2.33. The first kappa shape index (κ1) is 16.4. The number of carbonyl (C=O) groups excluding carboxylic acids is 2. The number of halogens is 3. The topological polar surface area (TPSA) is 71.3 Å². The molecular formula is C11H13F3N2O3S. The van der Waals surface area contributed by atoms with Crippen molar-refractivity contribution in [3.63, 3.8) is 0 Å². The standard InChI is InChI=1S/C11H13F3N2O3S/c1-7(20-11(12,13)14)9(17)15-4-5-16-10(18)8-3-2-6-19-8/h2-3,6-7H,4-5H2,1H3,(H,15,17)(H,16,18)/t7-/m1/s1. The molecule has 1 atom stereocenters. The van der Waals surface area contributed by atoms with Crippen LogP contribution >= 0.6 is 11.8 Å². The summed E-state index contributed by atoms with van der Waals surface area (Å²) < 4.78 is 40.9. The van der Waals surface area contributed by atoms with Crippen LogP contribution in [0.15, 0.2) is 22.8 Å². The molecule has 1 aromatic heterocycles. The SMILES string of the molecule is C[C@@H](SC(F)(F)F)C(=O)NCCNC(=O)c1ccco1. The number of alkyl halides is 3. The quantitative estimate of drug-likeness (QED) is 0.786. The zero-order chi connectivity index (χ0) is 15.2. The summed E-state index contributed by atoms with van der Waals surface area (Å²) in [7, 11) is 0. The Bertz CT molecular complexity index is 448. The smallest absolute Gasteiger partial charge is 0.442 e. The average Bonchev–Trinajstić information content (AvgIpc) is 2.85. The van der Waals surface area contributed by atoms with Crippen molar-refractivity contribution in [2.24, 2.45) is 0 Å². The molecule has 0 bridgehead atoms. The van der Waals surface area contributed by atoms with Gasteiger partial charge in [-0.05, 0) is 30.8 Å². The average molecular weight is 310 g/mol. The van der Waals surface area contributed by atoms with Crippen LogP contribution in [0.2, 0.25) is 0 Å². The van der Waals surface area contributed by atoms with E-state index in [1.165, 1.54) is 12.3 Å². The van der Waals surface area contributed by atoms with E-state index >= 15 is 0 Å². The normalized spacial score (nSPS) is 12.8. The molecule has 20 heavy (non-hydrogen) atoms. The summed E-state index contributed by atoms with van der Waals surface area (Å²) in [5.41, 5.74) is -4.45. The molecule has 2 amide bonds. The largest absolute Gasteiger partial charge is 0.459 e. The minimum absolute atomic E-state index is 0.0358. The van der Waals surface area contributed by atoms with Gasteiger partial charge in [-0.15, -0.1) is 0 Å². The summed E-state index contributed by atoms with van der Waals surface area (Å²) in [6.07, 6.45) is 1.34. The van der Waals surface area contributed by atoms with Crippen molar-refractivity contribution in [2.45, 2.75) is 17.7 Å². The molecule has 0 spiro atoms. The number of rotatable bonds is 6. The second-order valence-corrected chi connectivity index (χ2v) is 5.14. The van der Waals surface area contributed by atoms with Gasteiger partial charge in [-0.3, -0.25) is 9.59 Å². The van der Waals surface area contributed by atoms with Crippen LogP contribution in [-0.2, 0) is 4.79 Å². The molecule has 0 aliphatic carbocycles. The van der Waals surface area contributed by atoms with Gasteiger partial charge in [-0.1, -0.05) is 0 Å². The van der Waals surface area contributed by atoms with Crippen molar-refractivity contribution in [2.75, 3.05) is 13.1 Å². The minimum atomic E-state index is -4.45. The lowest BCUT2D eigenvalue weighted by Gasteiger charge is -2.13. The van der Waals surface area contributed by atoms with Crippen LogP contribution < -0.4 is 10.6 Å². The first-order valence-corrected chi connectivity index (χ1v) is 6.51. The molecule has 112 valence electrons. The second kappa shape index (κ2) is 7.22. The van der Waals surface area contributed by atoms with Gasteiger partial charge in [0.15, 0.2) is 5.76 Å². The lowest BCUT2D eigenvalue weighted by Crippen LogP contribution is -2.38. The van der Waals surface area contributed by atoms with Crippen molar-refractivity contribution in [3.8, 4) is 0 Å². The number of nitrogens with one attached hydrogen (secondary N) is 2. The third-order valence-corrected chi connectivity index (χ3v) is 2.97. The Balaban J connectivity index is 2.21. The van der Waals surface area contributed by atoms with E-state index in [9.17, 15) is 22.8 Å². The van der Waals surface area contributed by atoms with Crippen molar-refractivity contribution in [3.05, 3.63) is 24.2 Å². The summed E-state index contributed by atoms with van der Waals surface area (Å²) in [5.74, 6) is -1.07. The molecule has 0 aliphatic rings. The molecule has 5 nitrogen and oxygen atoms in total. The Morgan fingerprint density at radius 1 is 1.35 bits per heavy atom. The Morgan fingerprint density at radius 2 is 2.00 bits per heavy atom. The van der Waals surface area contributed by atoms with Crippen LogP contribution in [0.25, 0.3) is 0 Å². The predicted octanol–water partition coefficient (Wildman–Crippen LogP) is 1.77. The monoisotopic (exact) mass is 310 g/mol. The molecule has 0 aliphatic heterocycles. The molecule has 0 saturated carbocycles. The van der Waals surface area contributed by atoms with E-state index in [4.69, 9.17) is 4.42 Å². The van der Waals surface area contributed by atoms with E-state index < -0.39 is 22.6 Å². The van der Waals surface area contributed by atoms with Crippen molar-refractivity contribution in [1.82, 2.24) is 10.6 Å². The molecule has 0 aromatic carbocycles. The maximum Gasteiger partial charge on any atom is 0.442 e. The van der Waals surface area contributed by atoms with Gasteiger partial charge in [0, 0.05) is 13.1 Å². The number of thioether (sulfide) groups is 1. The molecule has 1 heterocycles. The second-order valence-electron chi connectivity index (χ2n) is 3.73. The highest BCUT2D eigenvalue weighted by atomic mass is 32.2. The fraction of sp³-hybridized carbons (Fsp3) is 0.455. The molecule has 9 heteroatoms. The predicted molar refractivity (Wildman–Crippen MR) is 67.2 cm³/mol. The van der Waals surface area contributed by atoms with Crippen molar-refractivity contribution < 1.29 is 27.2 Å². The van der Waals surface area contributed by atoms with Crippen LogP contribution in [0.5, 0.6) is 0 Å². The van der Waals surface area contributed by atoms with Gasteiger partial charge < -0.3 is 15.1 Å². The summed E-state index contributed by atoms with van der Waals surface area (Å²) in [6.45, 7) is 1.29. The molecular weight excluding hydrogens is 297 g/mol. The third kappa shape index (κ3) is 6.00. The van der Waals surface area contributed by atoms with Crippen LogP contribution in [0.1, 0.15) is 17.5 Å². The van der Waals surface area contributed by atoms with Gasteiger partial charge in [0.1, 0.15) is 0 Å². The number of carbonyl (C=O) groups is 2. The van der Waals surface area contributed by atoms with Gasteiger partial charge in [0.05, 0.1) is 11.5 Å². The first-order chi connectivity index (χ1) is 9.29. The Morgan fingerprint density at radius 3 is 2.55 bits per heavy atom. The van der Waals surface area contributed by atoms with Gasteiger partial charge in [0.25, 0.3) is 5.91 Å². The van der Waals surface area contributed by atoms with E-state index in [2.05, 4.69) is 10.6 Å². The van der Waals surface area contributed by atoms with Crippen molar-refractivity contribution >= 4 is 23.6 Å². The fourth-order valence-corrected chi connectivity index (χ4v) is 1.85. The maximum atomic E-state index is 12.0. The Hall–Kier alpha value is -1.64. The zero-order valence-electron chi connectivity index (χ0n) is 10.5. The van der Waals surface area contributed by atoms with Gasteiger partial charge in [-0.2, -0.15) is 13.2 Å². The molecule has 0 radical (unpaired) electrons. The fourth-order valence-electron chi connectivity index (χ4n) is 1.25. The highest BCUT2D eigenvalue weighted by Gasteiger charge is 2.33. The summed E-state index contributed by atoms with van der Waals surface area (Å²) in [5, 5.41) is 3.51. The Labute approximate surface area is 117 Å². The number of amides is 2. The Kier molecular flexibility index (Phi) is 5.93. The molecule has 0 fully saturated rings. The maximum absolute atomic E-state index is 12.0. The number of hydrogen-bond acceptors (Lipinski definition) is 4. The van der Waals surface area contributed by atoms with Gasteiger partial charge in [0.2, 0.25) is 5.91 Å². The van der Waals surface area contributed by atoms with Gasteiger partial charge >= 0.3 is 5.51 Å². The van der Waals surface area contributed by atoms with Gasteiger partial charge in [-0.25, -0.2) is 0 Å². The van der Waals surface area contributed by atoms with E-state index in [0.29, 0.717) is 0 Å². The number of furan rings is 1. The molecule has 2 N–H and O–H groups in total. The van der Waals surface area contributed by atoms with Crippen LogP contribution in [0.4, 0.5) is 13.2 Å². The van der Waals surface area contributed by atoms with Crippen LogP contribution in [0, 0.1) is 0 Å². The summed E-state index contributed by atoms with van der Waals surface area (Å²) in [4.78, 5) is 22.7. The molecule has 0 unspecified atom stereocenters. The lowest BCUT2D eigenvalue weighted by atomic mass is 10.4. The van der Waals surface area contributed by atoms with Crippen LogP contribution in [0.3, 0.4) is 0 Å². The lowest BCUT2D eigenvalue weighted by molar-refractivity contribution is -0.120. The zero-order valence-corrected chi connectivity index (χ0v) is 11.3. The summed E-state index contributed by atoms with van der Waals surface area (Å²) >= 11 is -0.387. The first-order valence-electron chi connectivity index (χ1n) is 5.63. The van der Waals surface area contributed by atoms with E-state index in [0.717, 1.165) is 6.92 Å². The van der Waals surface area contributed by atoms with Crippen LogP contribution in [-0.4, -0.2) is 35.7 Å².